The van der Waals surface area contributed by atoms with Crippen molar-refractivity contribution in [2.45, 2.75) is 13.1 Å². The standard InChI is InChI=1S/C18H11Cl2F3N2O2/c1-9-15(16(25-27-9)10-5-6-13(19)14(20)7-10)17(26)24-12-4-2-3-11(8-12)18(21,22)23/h2-8H,1H3,(H,24,26). The molecule has 1 heterocycles. The number of aromatic nitrogens is 1. The number of carbonyl (C=O) groups is 1. The van der Waals surface area contributed by atoms with Crippen molar-refractivity contribution in [3.8, 4) is 11.3 Å². The van der Waals surface area contributed by atoms with Gasteiger partial charge in [0, 0.05) is 11.3 Å². The van der Waals surface area contributed by atoms with Crippen LogP contribution in [0.5, 0.6) is 0 Å². The number of alkyl halides is 3. The number of nitrogens with zero attached hydrogens (tertiary/aromatic N) is 1. The van der Waals surface area contributed by atoms with Gasteiger partial charge in [-0.25, -0.2) is 0 Å². The van der Waals surface area contributed by atoms with Gasteiger partial charge < -0.3 is 9.84 Å². The fraction of sp³-hybridized carbons (Fsp3) is 0.111. The molecule has 0 unspecified atom stereocenters. The Morgan fingerprint density at radius 1 is 1.11 bits per heavy atom. The highest BCUT2D eigenvalue weighted by molar-refractivity contribution is 6.42. The second-order valence-corrected chi connectivity index (χ2v) is 6.44. The Balaban J connectivity index is 1.94. The van der Waals surface area contributed by atoms with Gasteiger partial charge in [0.2, 0.25) is 0 Å². The van der Waals surface area contributed by atoms with Crippen LogP contribution in [-0.2, 0) is 6.18 Å². The molecule has 0 atom stereocenters. The molecule has 0 spiro atoms. The van der Waals surface area contributed by atoms with E-state index < -0.39 is 17.6 Å². The van der Waals surface area contributed by atoms with Crippen molar-refractivity contribution in [3.05, 3.63) is 69.4 Å². The fourth-order valence-electron chi connectivity index (χ4n) is 2.45. The van der Waals surface area contributed by atoms with E-state index in [1.807, 2.05) is 0 Å². The average molecular weight is 415 g/mol. The van der Waals surface area contributed by atoms with Crippen molar-refractivity contribution in [1.29, 1.82) is 0 Å². The van der Waals surface area contributed by atoms with Crippen LogP contribution in [-0.4, -0.2) is 11.1 Å². The topological polar surface area (TPSA) is 55.1 Å². The van der Waals surface area contributed by atoms with Crippen LogP contribution < -0.4 is 5.32 Å². The van der Waals surface area contributed by atoms with Gasteiger partial charge in [-0.1, -0.05) is 40.5 Å². The highest BCUT2D eigenvalue weighted by Gasteiger charge is 2.30. The minimum absolute atomic E-state index is 0.00415. The fourth-order valence-corrected chi connectivity index (χ4v) is 2.74. The molecule has 0 bridgehead atoms. The van der Waals surface area contributed by atoms with E-state index in [-0.39, 0.29) is 27.7 Å². The van der Waals surface area contributed by atoms with Crippen LogP contribution in [0.15, 0.2) is 47.0 Å². The number of amides is 1. The van der Waals surface area contributed by atoms with E-state index in [0.29, 0.717) is 10.6 Å². The van der Waals surface area contributed by atoms with Gasteiger partial charge in [0.1, 0.15) is 17.0 Å². The molecule has 1 amide bonds. The first-order chi connectivity index (χ1) is 12.7. The maximum Gasteiger partial charge on any atom is 0.416 e. The van der Waals surface area contributed by atoms with Crippen LogP contribution in [0.4, 0.5) is 18.9 Å². The summed E-state index contributed by atoms with van der Waals surface area (Å²) < 4.78 is 43.6. The number of carbonyl (C=O) groups excluding carboxylic acids is 1. The minimum Gasteiger partial charge on any atom is -0.360 e. The highest BCUT2D eigenvalue weighted by Crippen LogP contribution is 2.33. The molecule has 27 heavy (non-hydrogen) atoms. The Bertz CT molecular complexity index is 1020. The zero-order valence-corrected chi connectivity index (χ0v) is 15.2. The zero-order chi connectivity index (χ0) is 19.8. The SMILES string of the molecule is Cc1onc(-c2ccc(Cl)c(Cl)c2)c1C(=O)Nc1cccc(C(F)(F)F)c1. The van der Waals surface area contributed by atoms with Gasteiger partial charge in [0.05, 0.1) is 15.6 Å². The molecule has 1 N–H and O–H groups in total. The first-order valence-electron chi connectivity index (χ1n) is 7.57. The van der Waals surface area contributed by atoms with E-state index in [4.69, 9.17) is 27.7 Å². The Morgan fingerprint density at radius 3 is 2.52 bits per heavy atom. The lowest BCUT2D eigenvalue weighted by Gasteiger charge is -2.10. The monoisotopic (exact) mass is 414 g/mol. The molecule has 2 aromatic carbocycles. The van der Waals surface area contributed by atoms with E-state index >= 15 is 0 Å². The first kappa shape index (κ1) is 19.3. The number of halogens is 5. The molecule has 0 aliphatic carbocycles. The largest absolute Gasteiger partial charge is 0.416 e. The lowest BCUT2D eigenvalue weighted by Crippen LogP contribution is -2.14. The summed E-state index contributed by atoms with van der Waals surface area (Å²) in [4.78, 5) is 12.7. The number of hydrogen-bond acceptors (Lipinski definition) is 3. The second kappa shape index (κ2) is 7.25. The third-order valence-electron chi connectivity index (χ3n) is 3.73. The van der Waals surface area contributed by atoms with Gasteiger partial charge in [-0.15, -0.1) is 0 Å². The molecule has 1 aromatic heterocycles. The number of benzene rings is 2. The molecule has 9 heteroatoms. The second-order valence-electron chi connectivity index (χ2n) is 5.62. The van der Waals surface area contributed by atoms with Crippen LogP contribution in [0.25, 0.3) is 11.3 Å². The van der Waals surface area contributed by atoms with Gasteiger partial charge in [0.25, 0.3) is 5.91 Å². The molecule has 4 nitrogen and oxygen atoms in total. The normalized spacial score (nSPS) is 11.5. The van der Waals surface area contributed by atoms with Gasteiger partial charge in [0.15, 0.2) is 0 Å². The average Bonchev–Trinajstić information content (AvgIpc) is 2.98. The lowest BCUT2D eigenvalue weighted by atomic mass is 10.1. The molecule has 0 fully saturated rings. The van der Waals surface area contributed by atoms with Crippen molar-refractivity contribution in [2.24, 2.45) is 0 Å². The Kier molecular flexibility index (Phi) is 5.17. The van der Waals surface area contributed by atoms with Crippen molar-refractivity contribution in [3.63, 3.8) is 0 Å². The van der Waals surface area contributed by atoms with Crippen LogP contribution in [0, 0.1) is 6.92 Å². The van der Waals surface area contributed by atoms with Crippen LogP contribution in [0.3, 0.4) is 0 Å². The van der Waals surface area contributed by atoms with E-state index in [1.165, 1.54) is 31.2 Å². The van der Waals surface area contributed by atoms with Gasteiger partial charge in [-0.2, -0.15) is 13.2 Å². The number of aryl methyl sites for hydroxylation is 1. The van der Waals surface area contributed by atoms with Crippen molar-refractivity contribution < 1.29 is 22.5 Å². The van der Waals surface area contributed by atoms with E-state index in [2.05, 4.69) is 10.5 Å². The Hall–Kier alpha value is -2.51. The highest BCUT2D eigenvalue weighted by atomic mass is 35.5. The van der Waals surface area contributed by atoms with Gasteiger partial charge in [-0.05, 0) is 37.3 Å². The number of nitrogens with one attached hydrogen (secondary N) is 1. The van der Waals surface area contributed by atoms with Gasteiger partial charge in [-0.3, -0.25) is 4.79 Å². The van der Waals surface area contributed by atoms with E-state index in [9.17, 15) is 18.0 Å². The van der Waals surface area contributed by atoms with Crippen molar-refractivity contribution in [1.82, 2.24) is 5.16 Å². The van der Waals surface area contributed by atoms with E-state index in [0.717, 1.165) is 12.1 Å². The lowest BCUT2D eigenvalue weighted by molar-refractivity contribution is -0.137. The summed E-state index contributed by atoms with van der Waals surface area (Å²) in [6, 6.07) is 8.99. The van der Waals surface area contributed by atoms with Gasteiger partial charge >= 0.3 is 6.18 Å². The first-order valence-corrected chi connectivity index (χ1v) is 8.32. The van der Waals surface area contributed by atoms with Crippen LogP contribution in [0.2, 0.25) is 10.0 Å². The number of rotatable bonds is 3. The Morgan fingerprint density at radius 2 is 1.85 bits per heavy atom. The maximum atomic E-state index is 12.8. The molecular formula is C18H11Cl2F3N2O2. The predicted octanol–water partition coefficient (Wildman–Crippen LogP) is 6.23. The zero-order valence-electron chi connectivity index (χ0n) is 13.7. The third kappa shape index (κ3) is 4.09. The number of anilines is 1. The Labute approximate surface area is 161 Å². The molecule has 0 aliphatic rings. The molecule has 3 rings (SSSR count). The molecule has 140 valence electrons. The smallest absolute Gasteiger partial charge is 0.360 e. The molecule has 0 saturated heterocycles. The van der Waals surface area contributed by atoms with E-state index in [1.54, 1.807) is 6.07 Å². The van der Waals surface area contributed by atoms with Crippen molar-refractivity contribution >= 4 is 34.8 Å². The van der Waals surface area contributed by atoms with Crippen LogP contribution in [0.1, 0.15) is 21.7 Å². The maximum absolute atomic E-state index is 12.8. The molecule has 0 aliphatic heterocycles. The molecular weight excluding hydrogens is 404 g/mol. The van der Waals surface area contributed by atoms with Crippen LogP contribution >= 0.6 is 23.2 Å². The quantitative estimate of drug-likeness (QED) is 0.552. The molecule has 3 aromatic rings. The summed E-state index contributed by atoms with van der Waals surface area (Å²) in [5, 5.41) is 6.89. The van der Waals surface area contributed by atoms with Crippen molar-refractivity contribution in [2.75, 3.05) is 5.32 Å². The third-order valence-corrected chi connectivity index (χ3v) is 4.47. The minimum atomic E-state index is -4.51. The molecule has 0 saturated carbocycles. The summed E-state index contributed by atoms with van der Waals surface area (Å²) in [6.45, 7) is 1.52. The summed E-state index contributed by atoms with van der Waals surface area (Å²) in [5.74, 6) is -0.449. The predicted molar refractivity (Wildman–Crippen MR) is 96.1 cm³/mol. The summed E-state index contributed by atoms with van der Waals surface area (Å²) in [6.07, 6.45) is -4.51. The number of hydrogen-bond donors (Lipinski definition) is 1. The summed E-state index contributed by atoms with van der Waals surface area (Å²) in [7, 11) is 0. The molecule has 0 radical (unpaired) electrons. The summed E-state index contributed by atoms with van der Waals surface area (Å²) in [5.41, 5.74) is -0.0978. The summed E-state index contributed by atoms with van der Waals surface area (Å²) >= 11 is 11.9.